The van der Waals surface area contributed by atoms with Crippen LogP contribution in [-0.2, 0) is 6.42 Å². The molecular formula is C20H18N2O2. The lowest BCUT2D eigenvalue weighted by molar-refractivity contribution is 0.0949. The van der Waals surface area contributed by atoms with Crippen LogP contribution in [0.1, 0.15) is 16.1 Å². The zero-order valence-corrected chi connectivity index (χ0v) is 13.1. The van der Waals surface area contributed by atoms with Gasteiger partial charge in [0.05, 0.1) is 0 Å². The Morgan fingerprint density at radius 3 is 2.21 bits per heavy atom. The molecule has 0 bridgehead atoms. The van der Waals surface area contributed by atoms with Crippen LogP contribution >= 0.6 is 0 Å². The molecule has 1 heterocycles. The molecule has 2 N–H and O–H groups in total. The number of hydrogen-bond donors (Lipinski definition) is 2. The van der Waals surface area contributed by atoms with Gasteiger partial charge >= 0.3 is 0 Å². The number of aromatic nitrogens is 1. The molecule has 0 unspecified atom stereocenters. The number of nitrogens with zero attached hydrogens (tertiary/aromatic N) is 1. The Hall–Kier alpha value is -3.14. The Labute approximate surface area is 140 Å². The quantitative estimate of drug-likeness (QED) is 0.757. The third-order valence-corrected chi connectivity index (χ3v) is 3.75. The third kappa shape index (κ3) is 3.98. The minimum absolute atomic E-state index is 0.156. The molecule has 120 valence electrons. The van der Waals surface area contributed by atoms with Crippen molar-refractivity contribution in [1.82, 2.24) is 10.3 Å². The lowest BCUT2D eigenvalue weighted by Crippen LogP contribution is -2.26. The number of aromatic hydroxyl groups is 1. The molecule has 3 rings (SSSR count). The predicted molar refractivity (Wildman–Crippen MR) is 93.8 cm³/mol. The molecule has 0 radical (unpaired) electrons. The van der Waals surface area contributed by atoms with Crippen LogP contribution in [0, 0.1) is 0 Å². The summed E-state index contributed by atoms with van der Waals surface area (Å²) in [6, 6.07) is 20.6. The van der Waals surface area contributed by atoms with Crippen molar-refractivity contribution in [1.29, 1.82) is 0 Å². The summed E-state index contributed by atoms with van der Waals surface area (Å²) >= 11 is 0. The lowest BCUT2D eigenvalue weighted by Gasteiger charge is -2.06. The van der Waals surface area contributed by atoms with Crippen LogP contribution in [0.2, 0.25) is 0 Å². The summed E-state index contributed by atoms with van der Waals surface area (Å²) < 4.78 is 0. The van der Waals surface area contributed by atoms with Crippen molar-refractivity contribution in [3.8, 4) is 16.9 Å². The Balaban J connectivity index is 1.55. The molecule has 0 spiro atoms. The van der Waals surface area contributed by atoms with E-state index in [1.807, 2.05) is 24.3 Å². The highest BCUT2D eigenvalue weighted by Gasteiger charge is 2.05. The first-order chi connectivity index (χ1) is 11.7. The monoisotopic (exact) mass is 318 g/mol. The van der Waals surface area contributed by atoms with Crippen molar-refractivity contribution >= 4 is 5.91 Å². The molecule has 0 fully saturated rings. The zero-order chi connectivity index (χ0) is 16.8. The van der Waals surface area contributed by atoms with Gasteiger partial charge in [-0.1, -0.05) is 42.5 Å². The number of nitrogens with one attached hydrogen (secondary N) is 1. The zero-order valence-electron chi connectivity index (χ0n) is 13.1. The Bertz CT molecular complexity index is 797. The first-order valence-electron chi connectivity index (χ1n) is 7.80. The van der Waals surface area contributed by atoms with Gasteiger partial charge in [0.15, 0.2) is 0 Å². The maximum Gasteiger partial charge on any atom is 0.269 e. The van der Waals surface area contributed by atoms with E-state index in [1.54, 1.807) is 36.5 Å². The molecule has 1 aromatic heterocycles. The topological polar surface area (TPSA) is 62.2 Å². The van der Waals surface area contributed by atoms with Gasteiger partial charge < -0.3 is 10.4 Å². The highest BCUT2D eigenvalue weighted by atomic mass is 16.3. The Morgan fingerprint density at radius 1 is 0.917 bits per heavy atom. The number of carbonyl (C=O) groups is 1. The van der Waals surface area contributed by atoms with Gasteiger partial charge in [-0.2, -0.15) is 0 Å². The second-order valence-electron chi connectivity index (χ2n) is 5.46. The molecule has 0 aliphatic heterocycles. The second-order valence-corrected chi connectivity index (χ2v) is 5.46. The summed E-state index contributed by atoms with van der Waals surface area (Å²) in [5, 5.41) is 12.2. The number of phenols is 1. The van der Waals surface area contributed by atoms with E-state index in [0.29, 0.717) is 12.2 Å². The van der Waals surface area contributed by atoms with Crippen molar-refractivity contribution in [2.24, 2.45) is 0 Å². The summed E-state index contributed by atoms with van der Waals surface area (Å²) in [6.45, 7) is 0.563. The van der Waals surface area contributed by atoms with Gasteiger partial charge in [0.25, 0.3) is 5.91 Å². The number of pyridine rings is 1. The summed E-state index contributed by atoms with van der Waals surface area (Å²) in [6.07, 6.45) is 2.37. The van der Waals surface area contributed by atoms with E-state index in [1.165, 1.54) is 0 Å². The van der Waals surface area contributed by atoms with Crippen LogP contribution in [0.4, 0.5) is 0 Å². The molecular weight excluding hydrogens is 300 g/mol. The van der Waals surface area contributed by atoms with Crippen molar-refractivity contribution < 1.29 is 9.90 Å². The Kier molecular flexibility index (Phi) is 4.87. The number of phenolic OH excluding ortho intramolecular Hbond substituents is 1. The maximum absolute atomic E-state index is 11.9. The number of rotatable bonds is 5. The van der Waals surface area contributed by atoms with Crippen LogP contribution in [0.25, 0.3) is 11.1 Å². The molecule has 2 aromatic carbocycles. The molecule has 0 atom stereocenters. The normalized spacial score (nSPS) is 10.3. The molecule has 4 heteroatoms. The van der Waals surface area contributed by atoms with Gasteiger partial charge in [0.2, 0.25) is 0 Å². The van der Waals surface area contributed by atoms with Crippen LogP contribution < -0.4 is 5.32 Å². The summed E-state index contributed by atoms with van der Waals surface area (Å²) in [5.41, 5.74) is 3.73. The predicted octanol–water partition coefficient (Wildman–Crippen LogP) is 3.43. The average Bonchev–Trinajstić information content (AvgIpc) is 2.64. The fraction of sp³-hybridized carbons (Fsp3) is 0.100. The highest BCUT2D eigenvalue weighted by Crippen LogP contribution is 2.22. The first kappa shape index (κ1) is 15.7. The van der Waals surface area contributed by atoms with Crippen molar-refractivity contribution in [2.45, 2.75) is 6.42 Å². The lowest BCUT2D eigenvalue weighted by atomic mass is 10.0. The molecule has 0 saturated heterocycles. The molecule has 0 saturated carbocycles. The average molecular weight is 318 g/mol. The van der Waals surface area contributed by atoms with Gasteiger partial charge in [-0.15, -0.1) is 0 Å². The van der Waals surface area contributed by atoms with Gasteiger partial charge in [-0.25, -0.2) is 0 Å². The SMILES string of the molecule is O=C(NCCc1ccc(-c2ccc(O)cc2)cc1)c1ccccn1. The van der Waals surface area contributed by atoms with Crippen molar-refractivity contribution in [3.05, 3.63) is 84.2 Å². The largest absolute Gasteiger partial charge is 0.508 e. The molecule has 4 nitrogen and oxygen atoms in total. The number of amides is 1. The number of benzene rings is 2. The fourth-order valence-electron chi connectivity index (χ4n) is 2.43. The molecule has 0 aliphatic carbocycles. The van der Waals surface area contributed by atoms with Gasteiger partial charge in [0.1, 0.15) is 11.4 Å². The van der Waals surface area contributed by atoms with Crippen LogP contribution in [0.15, 0.2) is 72.9 Å². The molecule has 3 aromatic rings. The number of carbonyl (C=O) groups excluding carboxylic acids is 1. The minimum atomic E-state index is -0.156. The summed E-state index contributed by atoms with van der Waals surface area (Å²) in [7, 11) is 0. The van der Waals surface area contributed by atoms with E-state index in [0.717, 1.165) is 23.1 Å². The van der Waals surface area contributed by atoms with Gasteiger partial charge in [-0.05, 0) is 47.4 Å². The second kappa shape index (κ2) is 7.42. The van der Waals surface area contributed by atoms with Crippen molar-refractivity contribution in [3.63, 3.8) is 0 Å². The minimum Gasteiger partial charge on any atom is -0.508 e. The van der Waals surface area contributed by atoms with Crippen LogP contribution in [0.5, 0.6) is 5.75 Å². The molecule has 1 amide bonds. The summed E-state index contributed by atoms with van der Waals surface area (Å²) in [5.74, 6) is 0.107. The van der Waals surface area contributed by atoms with Crippen LogP contribution in [-0.4, -0.2) is 22.5 Å². The van der Waals surface area contributed by atoms with Crippen LogP contribution in [0.3, 0.4) is 0 Å². The molecule has 0 aliphatic rings. The van der Waals surface area contributed by atoms with E-state index in [-0.39, 0.29) is 11.7 Å². The fourth-order valence-corrected chi connectivity index (χ4v) is 2.43. The third-order valence-electron chi connectivity index (χ3n) is 3.75. The van der Waals surface area contributed by atoms with Gasteiger partial charge in [0, 0.05) is 12.7 Å². The molecule has 24 heavy (non-hydrogen) atoms. The van der Waals surface area contributed by atoms with E-state index >= 15 is 0 Å². The number of hydrogen-bond acceptors (Lipinski definition) is 3. The summed E-state index contributed by atoms with van der Waals surface area (Å²) in [4.78, 5) is 15.9. The van der Waals surface area contributed by atoms with E-state index in [9.17, 15) is 9.90 Å². The standard InChI is InChI=1S/C20H18N2O2/c23-18-10-8-17(9-11-18)16-6-4-15(5-7-16)12-14-22-20(24)19-3-1-2-13-21-19/h1-11,13,23H,12,14H2,(H,22,24). The Morgan fingerprint density at radius 2 is 1.58 bits per heavy atom. The van der Waals surface area contributed by atoms with Crippen molar-refractivity contribution in [2.75, 3.05) is 6.54 Å². The highest BCUT2D eigenvalue weighted by molar-refractivity contribution is 5.92. The van der Waals surface area contributed by atoms with Gasteiger partial charge in [-0.3, -0.25) is 9.78 Å². The first-order valence-corrected chi connectivity index (χ1v) is 7.80. The van der Waals surface area contributed by atoms with E-state index in [2.05, 4.69) is 22.4 Å². The van der Waals surface area contributed by atoms with E-state index in [4.69, 9.17) is 0 Å². The van der Waals surface area contributed by atoms with E-state index < -0.39 is 0 Å². The smallest absolute Gasteiger partial charge is 0.269 e. The maximum atomic E-state index is 11.9.